The molecule has 0 radical (unpaired) electrons. The Morgan fingerprint density at radius 3 is 2.84 bits per heavy atom. The van der Waals surface area contributed by atoms with Gasteiger partial charge < -0.3 is 8.92 Å². The van der Waals surface area contributed by atoms with E-state index in [9.17, 15) is 9.00 Å². The second kappa shape index (κ2) is 5.17. The number of benzene rings is 1. The average molecular weight is 359 g/mol. The SMILES string of the molecule is C[C@@H]1N2CCCC[C@@H]2[C@@]23OC(=O)C=C2CC13S(=O)Oc1ccccc1. The second-order valence-electron chi connectivity index (χ2n) is 7.45. The summed E-state index contributed by atoms with van der Waals surface area (Å²) in [4.78, 5) is 14.5. The molecule has 5 rings (SSSR count). The Kier molecular flexibility index (Phi) is 3.23. The maximum Gasteiger partial charge on any atom is 0.331 e. The first-order valence-corrected chi connectivity index (χ1v) is 10.0. The van der Waals surface area contributed by atoms with E-state index in [1.54, 1.807) is 6.08 Å². The van der Waals surface area contributed by atoms with Crippen LogP contribution < -0.4 is 4.18 Å². The van der Waals surface area contributed by atoms with Gasteiger partial charge in [-0.25, -0.2) is 9.00 Å². The molecule has 132 valence electrons. The normalized spacial score (nSPS) is 40.2. The number of fused-ring (bicyclic) bond motifs is 1. The van der Waals surface area contributed by atoms with Gasteiger partial charge in [0.2, 0.25) is 11.1 Å². The molecule has 1 aromatic carbocycles. The van der Waals surface area contributed by atoms with E-state index >= 15 is 0 Å². The van der Waals surface area contributed by atoms with Crippen LogP contribution in [0.1, 0.15) is 32.6 Å². The van der Waals surface area contributed by atoms with Crippen molar-refractivity contribution in [2.24, 2.45) is 0 Å². The quantitative estimate of drug-likeness (QED) is 0.776. The van der Waals surface area contributed by atoms with Crippen LogP contribution in [0.15, 0.2) is 42.0 Å². The van der Waals surface area contributed by atoms with Crippen molar-refractivity contribution >= 4 is 17.0 Å². The van der Waals surface area contributed by atoms with Crippen molar-refractivity contribution in [3.05, 3.63) is 42.0 Å². The summed E-state index contributed by atoms with van der Waals surface area (Å²) < 4.78 is 24.5. The van der Waals surface area contributed by atoms with Crippen LogP contribution >= 0.6 is 0 Å². The first kappa shape index (κ1) is 15.6. The highest BCUT2D eigenvalue weighted by Crippen LogP contribution is 2.66. The van der Waals surface area contributed by atoms with Crippen molar-refractivity contribution in [1.82, 2.24) is 4.90 Å². The molecule has 5 atom stereocenters. The molecule has 3 fully saturated rings. The van der Waals surface area contributed by atoms with Crippen molar-refractivity contribution in [3.8, 4) is 5.75 Å². The van der Waals surface area contributed by atoms with E-state index in [4.69, 9.17) is 8.92 Å². The first-order valence-electron chi connectivity index (χ1n) is 8.94. The van der Waals surface area contributed by atoms with E-state index in [1.807, 2.05) is 30.3 Å². The number of para-hydroxylation sites is 1. The Balaban J connectivity index is 1.58. The standard InChI is InChI=1S/C19H21NO4S/c1-13-18(25(22)24-15-7-3-2-4-8-15)12-14-11-17(21)23-19(14,18)16-9-5-6-10-20(13)16/h2-4,7-8,11,13,16H,5-6,9-10,12H2,1H3/t13-,16+,18?,19-,25?/m0/s1. The van der Waals surface area contributed by atoms with Crippen LogP contribution in [0.25, 0.3) is 0 Å². The molecule has 1 spiro atoms. The van der Waals surface area contributed by atoms with Gasteiger partial charge in [0.05, 0.1) is 6.04 Å². The number of esters is 1. The molecule has 3 aliphatic heterocycles. The molecule has 0 amide bonds. The topological polar surface area (TPSA) is 55.8 Å². The number of hydrogen-bond donors (Lipinski definition) is 0. The summed E-state index contributed by atoms with van der Waals surface area (Å²) in [6.45, 7) is 3.07. The van der Waals surface area contributed by atoms with Gasteiger partial charge in [0.15, 0.2) is 5.60 Å². The highest BCUT2D eigenvalue weighted by molar-refractivity contribution is 7.82. The maximum atomic E-state index is 13.4. The fourth-order valence-corrected chi connectivity index (χ4v) is 7.13. The summed E-state index contributed by atoms with van der Waals surface area (Å²) in [6.07, 6.45) is 5.43. The molecule has 3 heterocycles. The second-order valence-corrected chi connectivity index (χ2v) is 8.81. The molecule has 4 aliphatic rings. The Hall–Kier alpha value is -1.66. The summed E-state index contributed by atoms with van der Waals surface area (Å²) in [5.41, 5.74) is 0.243. The molecule has 5 nitrogen and oxygen atoms in total. The summed E-state index contributed by atoms with van der Waals surface area (Å²) in [5, 5.41) is 0. The number of carbonyl (C=O) groups is 1. The third kappa shape index (κ3) is 1.77. The molecular weight excluding hydrogens is 338 g/mol. The van der Waals surface area contributed by atoms with Gasteiger partial charge in [-0.15, -0.1) is 0 Å². The molecule has 6 heteroatoms. The van der Waals surface area contributed by atoms with Crippen molar-refractivity contribution in [1.29, 1.82) is 0 Å². The number of nitrogens with zero attached hydrogens (tertiary/aromatic N) is 1. The minimum atomic E-state index is -1.60. The van der Waals surface area contributed by atoms with Gasteiger partial charge >= 0.3 is 5.97 Å². The average Bonchev–Trinajstić information content (AvgIpc) is 2.96. The van der Waals surface area contributed by atoms with Crippen LogP contribution in [-0.2, 0) is 20.6 Å². The molecule has 0 bridgehead atoms. The number of ether oxygens (including phenoxy) is 1. The van der Waals surface area contributed by atoms with Crippen LogP contribution in [-0.4, -0.2) is 44.1 Å². The van der Waals surface area contributed by atoms with Gasteiger partial charge in [-0.05, 0) is 50.4 Å². The molecule has 0 aromatic heterocycles. The number of carbonyl (C=O) groups excluding carboxylic acids is 1. The van der Waals surface area contributed by atoms with Crippen LogP contribution in [0.2, 0.25) is 0 Å². The van der Waals surface area contributed by atoms with E-state index in [1.165, 1.54) is 0 Å². The van der Waals surface area contributed by atoms with Crippen LogP contribution in [0.5, 0.6) is 5.75 Å². The van der Waals surface area contributed by atoms with Crippen molar-refractivity contribution in [2.45, 2.75) is 55.0 Å². The predicted octanol–water partition coefficient (Wildman–Crippen LogP) is 2.35. The van der Waals surface area contributed by atoms with E-state index in [0.717, 1.165) is 31.4 Å². The number of rotatable bonds is 3. The maximum absolute atomic E-state index is 13.4. The molecule has 2 saturated heterocycles. The summed E-state index contributed by atoms with van der Waals surface area (Å²) in [6, 6.07) is 9.41. The lowest BCUT2D eigenvalue weighted by atomic mass is 9.61. The van der Waals surface area contributed by atoms with Gasteiger partial charge in [0, 0.05) is 12.1 Å². The summed E-state index contributed by atoms with van der Waals surface area (Å²) in [5.74, 6) is 0.289. The Labute approximate surface area is 149 Å². The van der Waals surface area contributed by atoms with Crippen molar-refractivity contribution < 1.29 is 17.9 Å². The van der Waals surface area contributed by atoms with E-state index < -0.39 is 21.4 Å². The van der Waals surface area contributed by atoms with E-state index in [-0.39, 0.29) is 18.1 Å². The highest BCUT2D eigenvalue weighted by Gasteiger charge is 2.82. The summed E-state index contributed by atoms with van der Waals surface area (Å²) >= 11 is -1.60. The van der Waals surface area contributed by atoms with Gasteiger partial charge in [-0.3, -0.25) is 4.90 Å². The molecule has 1 saturated carbocycles. The van der Waals surface area contributed by atoms with Gasteiger partial charge in [0.25, 0.3) is 0 Å². The van der Waals surface area contributed by atoms with Crippen LogP contribution in [0.4, 0.5) is 0 Å². The van der Waals surface area contributed by atoms with E-state index in [0.29, 0.717) is 12.2 Å². The summed E-state index contributed by atoms with van der Waals surface area (Å²) in [7, 11) is 0. The fraction of sp³-hybridized carbons (Fsp3) is 0.526. The van der Waals surface area contributed by atoms with E-state index in [2.05, 4.69) is 11.8 Å². The zero-order chi connectivity index (χ0) is 17.2. The van der Waals surface area contributed by atoms with Crippen molar-refractivity contribution in [2.75, 3.05) is 6.54 Å². The molecule has 1 aliphatic carbocycles. The Morgan fingerprint density at radius 1 is 1.28 bits per heavy atom. The number of hydrogen-bond acceptors (Lipinski definition) is 5. The van der Waals surface area contributed by atoms with Crippen molar-refractivity contribution in [3.63, 3.8) is 0 Å². The lowest BCUT2D eigenvalue weighted by molar-refractivity contribution is -0.154. The third-order valence-electron chi connectivity index (χ3n) is 6.51. The van der Waals surface area contributed by atoms with Gasteiger partial charge in [-0.2, -0.15) is 0 Å². The monoisotopic (exact) mass is 359 g/mol. The zero-order valence-electron chi connectivity index (χ0n) is 14.1. The molecule has 25 heavy (non-hydrogen) atoms. The minimum absolute atomic E-state index is 0.0467. The first-order chi connectivity index (χ1) is 12.1. The highest BCUT2D eigenvalue weighted by atomic mass is 32.2. The van der Waals surface area contributed by atoms with Gasteiger partial charge in [-0.1, -0.05) is 24.6 Å². The number of piperidine rings is 1. The predicted molar refractivity (Wildman–Crippen MR) is 93.3 cm³/mol. The fourth-order valence-electron chi connectivity index (χ4n) is 5.45. The third-order valence-corrected chi connectivity index (χ3v) is 8.24. The molecule has 2 unspecified atom stereocenters. The molecule has 0 N–H and O–H groups in total. The zero-order valence-corrected chi connectivity index (χ0v) is 15.0. The smallest absolute Gasteiger partial charge is 0.331 e. The lowest BCUT2D eigenvalue weighted by Gasteiger charge is -2.53. The largest absolute Gasteiger partial charge is 0.448 e. The van der Waals surface area contributed by atoms with Crippen LogP contribution in [0.3, 0.4) is 0 Å². The molecule has 1 aromatic rings. The Morgan fingerprint density at radius 2 is 2.08 bits per heavy atom. The Bertz CT molecular complexity index is 794. The van der Waals surface area contributed by atoms with Gasteiger partial charge in [0.1, 0.15) is 10.5 Å². The lowest BCUT2D eigenvalue weighted by Crippen LogP contribution is -2.70. The minimum Gasteiger partial charge on any atom is -0.448 e. The van der Waals surface area contributed by atoms with Crippen LogP contribution in [0, 0.1) is 0 Å². The molecular formula is C19H21NO4S.